The molecule has 0 fully saturated rings. The van der Waals surface area contributed by atoms with E-state index in [1.165, 1.54) is 83.4 Å². The molecule has 54 heavy (non-hydrogen) atoms. The normalized spacial score (nSPS) is 14.7. The monoisotopic (exact) mass is 690 g/mol. The zero-order valence-corrected chi connectivity index (χ0v) is 30.4. The summed E-state index contributed by atoms with van der Waals surface area (Å²) in [6, 6.07) is 71.9. The minimum Gasteiger partial charge on any atom is -0.310 e. The molecule has 0 N–H and O–H groups in total. The highest BCUT2D eigenvalue weighted by molar-refractivity contribution is 6.13. The first-order chi connectivity index (χ1) is 26.6. The number of rotatable bonds is 4. The molecule has 0 atom stereocenters. The van der Waals surface area contributed by atoms with Crippen molar-refractivity contribution in [1.82, 2.24) is 4.57 Å². The molecule has 2 heteroatoms. The van der Waals surface area contributed by atoms with Crippen molar-refractivity contribution in [1.29, 1.82) is 0 Å². The van der Waals surface area contributed by atoms with Crippen LogP contribution in [0.1, 0.15) is 47.2 Å². The van der Waals surface area contributed by atoms with Gasteiger partial charge in [-0.2, -0.15) is 0 Å². The maximum absolute atomic E-state index is 2.51. The molecule has 0 aliphatic carbocycles. The van der Waals surface area contributed by atoms with Crippen LogP contribution in [0.15, 0.2) is 194 Å². The quantitative estimate of drug-likeness (QED) is 0.178. The zero-order chi connectivity index (χ0) is 36.0. The second-order valence-electron chi connectivity index (χ2n) is 15.3. The van der Waals surface area contributed by atoms with E-state index < -0.39 is 5.41 Å². The number of anilines is 3. The lowest BCUT2D eigenvalue weighted by atomic mass is 9.63. The number of fused-ring (bicyclic) bond motifs is 7. The second kappa shape index (κ2) is 11.4. The Bertz CT molecular complexity index is 2810. The Kier molecular flexibility index (Phi) is 6.55. The summed E-state index contributed by atoms with van der Waals surface area (Å²) in [6.45, 7) is 4.67. The first-order valence-corrected chi connectivity index (χ1v) is 18.9. The van der Waals surface area contributed by atoms with E-state index in [1.54, 1.807) is 0 Å². The van der Waals surface area contributed by atoms with Crippen LogP contribution < -0.4 is 4.90 Å². The fourth-order valence-corrected chi connectivity index (χ4v) is 9.85. The van der Waals surface area contributed by atoms with Gasteiger partial charge in [-0.05, 0) is 87.0 Å². The van der Waals surface area contributed by atoms with Gasteiger partial charge in [0.1, 0.15) is 0 Å². The summed E-state index contributed by atoms with van der Waals surface area (Å²) in [5, 5.41) is 2.54. The van der Waals surface area contributed by atoms with Crippen LogP contribution in [-0.4, -0.2) is 4.57 Å². The van der Waals surface area contributed by atoms with Crippen molar-refractivity contribution >= 4 is 38.9 Å². The number of benzene rings is 8. The Morgan fingerprint density at radius 3 is 1.54 bits per heavy atom. The first-order valence-electron chi connectivity index (χ1n) is 18.9. The molecule has 3 heterocycles. The van der Waals surface area contributed by atoms with Crippen LogP contribution in [0.4, 0.5) is 17.1 Å². The van der Waals surface area contributed by atoms with Crippen molar-refractivity contribution in [2.75, 3.05) is 4.90 Å². The van der Waals surface area contributed by atoms with E-state index in [0.717, 1.165) is 5.69 Å². The van der Waals surface area contributed by atoms with Crippen LogP contribution in [0, 0.1) is 0 Å². The average Bonchev–Trinajstić information content (AvgIpc) is 3.57. The molecule has 0 unspecified atom stereocenters. The number of nitrogens with zero attached hydrogens (tertiary/aromatic N) is 2. The molecule has 0 saturated heterocycles. The van der Waals surface area contributed by atoms with Gasteiger partial charge in [0, 0.05) is 21.9 Å². The minimum atomic E-state index is -0.470. The van der Waals surface area contributed by atoms with Crippen molar-refractivity contribution in [3.05, 3.63) is 228 Å². The van der Waals surface area contributed by atoms with Gasteiger partial charge in [0.25, 0.3) is 0 Å². The smallest absolute Gasteiger partial charge is 0.0742 e. The topological polar surface area (TPSA) is 8.17 Å². The van der Waals surface area contributed by atoms with Gasteiger partial charge < -0.3 is 9.47 Å². The van der Waals surface area contributed by atoms with E-state index >= 15 is 0 Å². The number of para-hydroxylation sites is 4. The summed E-state index contributed by atoms with van der Waals surface area (Å²) in [5.41, 5.74) is 17.1. The molecule has 0 bridgehead atoms. The molecule has 8 aromatic carbocycles. The highest BCUT2D eigenvalue weighted by Gasteiger charge is 2.45. The lowest BCUT2D eigenvalue weighted by Gasteiger charge is -2.42. The summed E-state index contributed by atoms with van der Waals surface area (Å²) in [7, 11) is 0. The Balaban J connectivity index is 1.09. The van der Waals surface area contributed by atoms with Crippen molar-refractivity contribution in [3.63, 3.8) is 0 Å². The van der Waals surface area contributed by atoms with E-state index in [2.05, 4.69) is 217 Å². The van der Waals surface area contributed by atoms with Gasteiger partial charge in [0.05, 0.1) is 33.5 Å². The fourth-order valence-electron chi connectivity index (χ4n) is 9.85. The molecule has 2 nitrogen and oxygen atoms in total. The van der Waals surface area contributed by atoms with Gasteiger partial charge in [0.15, 0.2) is 0 Å². The maximum atomic E-state index is 2.51. The second-order valence-corrected chi connectivity index (χ2v) is 15.3. The van der Waals surface area contributed by atoms with Gasteiger partial charge >= 0.3 is 0 Å². The first kappa shape index (κ1) is 30.9. The lowest BCUT2D eigenvalue weighted by molar-refractivity contribution is 0.632. The van der Waals surface area contributed by atoms with Crippen molar-refractivity contribution in [2.24, 2.45) is 0 Å². The van der Waals surface area contributed by atoms with E-state index in [-0.39, 0.29) is 5.41 Å². The largest absolute Gasteiger partial charge is 0.310 e. The average molecular weight is 691 g/mol. The summed E-state index contributed by atoms with van der Waals surface area (Å²) >= 11 is 0. The van der Waals surface area contributed by atoms with Crippen LogP contribution in [0.3, 0.4) is 0 Å². The summed E-state index contributed by atoms with van der Waals surface area (Å²) in [4.78, 5) is 2.43. The van der Waals surface area contributed by atoms with Gasteiger partial charge in [-0.15, -0.1) is 0 Å². The molecular weight excluding hydrogens is 653 g/mol. The fraction of sp³-hybridized carbons (Fsp3) is 0.0769. The van der Waals surface area contributed by atoms with Gasteiger partial charge in [-0.25, -0.2) is 0 Å². The molecule has 0 amide bonds. The summed E-state index contributed by atoms with van der Waals surface area (Å²) in [6.07, 6.45) is 0. The molecular formula is C52H38N2. The molecule has 1 aromatic heterocycles. The number of aromatic nitrogens is 1. The van der Waals surface area contributed by atoms with E-state index in [1.807, 2.05) is 0 Å². The van der Waals surface area contributed by atoms with Crippen LogP contribution in [0.2, 0.25) is 0 Å². The third-order valence-corrected chi connectivity index (χ3v) is 12.2. The molecule has 2 aliphatic rings. The van der Waals surface area contributed by atoms with Gasteiger partial charge in [-0.1, -0.05) is 166 Å². The van der Waals surface area contributed by atoms with Gasteiger partial charge in [-0.3, -0.25) is 0 Å². The number of hydrogen-bond donors (Lipinski definition) is 0. The molecule has 0 saturated carbocycles. The standard InChI is InChI=1S/C52H38N2/c1-51(2)42-21-9-12-25-47(42)53(48-26-13-10-22-43(48)51)39-31-28-35(29-32-39)36-30-33-46-41(34-36)40-20-15-24-45-50(40)54(46)49-27-14-11-23-44(49)52(45,37-16-5-3-6-17-37)38-18-7-4-8-19-38/h3-34H,1-2H3. The molecule has 256 valence electrons. The Morgan fingerprint density at radius 1 is 0.389 bits per heavy atom. The summed E-state index contributed by atoms with van der Waals surface area (Å²) < 4.78 is 2.51. The van der Waals surface area contributed by atoms with Gasteiger partial charge in [0.2, 0.25) is 0 Å². The molecule has 2 aliphatic heterocycles. The predicted molar refractivity (Wildman–Crippen MR) is 225 cm³/mol. The van der Waals surface area contributed by atoms with Crippen LogP contribution in [0.25, 0.3) is 38.6 Å². The molecule has 0 spiro atoms. The van der Waals surface area contributed by atoms with Crippen LogP contribution in [-0.2, 0) is 10.8 Å². The Morgan fingerprint density at radius 2 is 0.907 bits per heavy atom. The minimum absolute atomic E-state index is 0.0814. The van der Waals surface area contributed by atoms with Crippen molar-refractivity contribution in [3.8, 4) is 16.8 Å². The predicted octanol–water partition coefficient (Wildman–Crippen LogP) is 13.3. The highest BCUT2D eigenvalue weighted by Crippen LogP contribution is 2.55. The lowest BCUT2D eigenvalue weighted by Crippen LogP contribution is -2.35. The highest BCUT2D eigenvalue weighted by atomic mass is 15.2. The molecule has 11 rings (SSSR count). The SMILES string of the molecule is CC1(C)c2ccccc2N(c2ccc(-c3ccc4c(c3)c3cccc5c3n4-c3ccccc3C5(c3ccccc3)c3ccccc3)cc2)c2ccccc21. The third-order valence-electron chi connectivity index (χ3n) is 12.2. The van der Waals surface area contributed by atoms with E-state index in [0.29, 0.717) is 0 Å². The van der Waals surface area contributed by atoms with Crippen LogP contribution in [0.5, 0.6) is 0 Å². The Hall–Kier alpha value is -6.64. The van der Waals surface area contributed by atoms with Crippen molar-refractivity contribution in [2.45, 2.75) is 24.7 Å². The van der Waals surface area contributed by atoms with E-state index in [9.17, 15) is 0 Å². The maximum Gasteiger partial charge on any atom is 0.0742 e. The van der Waals surface area contributed by atoms with Crippen molar-refractivity contribution < 1.29 is 0 Å². The summed E-state index contributed by atoms with van der Waals surface area (Å²) in [5.74, 6) is 0. The number of hydrogen-bond acceptors (Lipinski definition) is 1. The van der Waals surface area contributed by atoms with E-state index in [4.69, 9.17) is 0 Å². The zero-order valence-electron chi connectivity index (χ0n) is 30.4. The Labute approximate surface area is 316 Å². The van der Waals surface area contributed by atoms with Crippen LogP contribution >= 0.6 is 0 Å². The molecule has 9 aromatic rings. The molecule has 0 radical (unpaired) electrons. The third kappa shape index (κ3) is 4.11.